The summed E-state index contributed by atoms with van der Waals surface area (Å²) in [4.78, 5) is 10.9. The molecule has 1 aromatic rings. The zero-order chi connectivity index (χ0) is 12.3. The summed E-state index contributed by atoms with van der Waals surface area (Å²) in [5.74, 6) is 1.22. The van der Waals surface area contributed by atoms with E-state index in [0.29, 0.717) is 17.6 Å². The lowest BCUT2D eigenvalue weighted by Crippen LogP contribution is -2.18. The predicted octanol–water partition coefficient (Wildman–Crippen LogP) is 3.39. The van der Waals surface area contributed by atoms with Gasteiger partial charge in [-0.15, -0.1) is 0 Å². The number of rotatable bonds is 3. The van der Waals surface area contributed by atoms with Crippen LogP contribution >= 0.6 is 0 Å². The molecular formula is C13H19NO2. The minimum Gasteiger partial charge on any atom is -0.410 e. The molecule has 0 fully saturated rings. The number of carbonyl (C=O) groups is 1. The average molecular weight is 221 g/mol. The first-order valence-corrected chi connectivity index (χ1v) is 5.53. The fourth-order valence-electron chi connectivity index (χ4n) is 1.70. The number of amides is 1. The standard InChI is InChI=1S/C13H19NO2/c1-8(2)10-6-5-7-11(9(3)4)12(10)16-13(14)15/h5-9H,1-4H3,(H2,14,15). The van der Waals surface area contributed by atoms with Crippen molar-refractivity contribution in [1.29, 1.82) is 0 Å². The van der Waals surface area contributed by atoms with Crippen LogP contribution in [0.25, 0.3) is 0 Å². The van der Waals surface area contributed by atoms with E-state index in [-0.39, 0.29) is 0 Å². The highest BCUT2D eigenvalue weighted by atomic mass is 16.5. The van der Waals surface area contributed by atoms with E-state index >= 15 is 0 Å². The van der Waals surface area contributed by atoms with Crippen LogP contribution in [0, 0.1) is 0 Å². The van der Waals surface area contributed by atoms with Gasteiger partial charge >= 0.3 is 6.09 Å². The van der Waals surface area contributed by atoms with E-state index in [1.165, 1.54) is 0 Å². The molecule has 0 aliphatic carbocycles. The first kappa shape index (κ1) is 12.6. The molecule has 1 amide bonds. The molecule has 16 heavy (non-hydrogen) atoms. The van der Waals surface area contributed by atoms with Gasteiger partial charge in [0.05, 0.1) is 0 Å². The zero-order valence-corrected chi connectivity index (χ0v) is 10.3. The fourth-order valence-corrected chi connectivity index (χ4v) is 1.70. The number of hydrogen-bond donors (Lipinski definition) is 1. The Bertz CT molecular complexity index is 357. The molecule has 1 aromatic carbocycles. The molecule has 0 heterocycles. The molecule has 0 radical (unpaired) electrons. The number of benzene rings is 1. The number of carbonyl (C=O) groups excluding carboxylic acids is 1. The molecule has 0 aliphatic heterocycles. The van der Waals surface area contributed by atoms with Gasteiger partial charge in [0.25, 0.3) is 0 Å². The molecule has 0 aromatic heterocycles. The van der Waals surface area contributed by atoms with Crippen LogP contribution in [-0.2, 0) is 0 Å². The monoisotopic (exact) mass is 221 g/mol. The molecule has 0 atom stereocenters. The number of primary amides is 1. The molecule has 0 unspecified atom stereocenters. The van der Waals surface area contributed by atoms with Gasteiger partial charge in [-0.25, -0.2) is 4.79 Å². The molecule has 2 N–H and O–H groups in total. The largest absolute Gasteiger partial charge is 0.410 e. The zero-order valence-electron chi connectivity index (χ0n) is 10.3. The summed E-state index contributed by atoms with van der Waals surface area (Å²) < 4.78 is 5.14. The molecule has 0 saturated carbocycles. The molecule has 0 saturated heterocycles. The Morgan fingerprint density at radius 1 is 1.12 bits per heavy atom. The lowest BCUT2D eigenvalue weighted by Gasteiger charge is -2.17. The Kier molecular flexibility index (Phi) is 3.93. The molecule has 3 heteroatoms. The Morgan fingerprint density at radius 2 is 1.56 bits per heavy atom. The molecular weight excluding hydrogens is 202 g/mol. The van der Waals surface area contributed by atoms with Crippen molar-refractivity contribution in [3.05, 3.63) is 29.3 Å². The lowest BCUT2D eigenvalue weighted by atomic mass is 9.94. The van der Waals surface area contributed by atoms with Gasteiger partial charge in [0, 0.05) is 0 Å². The van der Waals surface area contributed by atoms with Crippen molar-refractivity contribution in [2.24, 2.45) is 5.73 Å². The van der Waals surface area contributed by atoms with Gasteiger partial charge in [-0.05, 0) is 23.0 Å². The molecule has 0 bridgehead atoms. The van der Waals surface area contributed by atoms with Crippen LogP contribution in [0.1, 0.15) is 50.7 Å². The smallest absolute Gasteiger partial charge is 0.409 e. The second-order valence-corrected chi connectivity index (χ2v) is 4.50. The van der Waals surface area contributed by atoms with Crippen LogP contribution in [0.15, 0.2) is 18.2 Å². The maximum absolute atomic E-state index is 10.9. The van der Waals surface area contributed by atoms with Gasteiger partial charge < -0.3 is 10.5 Å². The van der Waals surface area contributed by atoms with E-state index in [4.69, 9.17) is 10.5 Å². The van der Waals surface area contributed by atoms with Gasteiger partial charge in [0.15, 0.2) is 0 Å². The van der Waals surface area contributed by atoms with E-state index in [9.17, 15) is 4.79 Å². The molecule has 0 spiro atoms. The third-order valence-electron chi connectivity index (χ3n) is 2.52. The van der Waals surface area contributed by atoms with Crippen LogP contribution in [-0.4, -0.2) is 6.09 Å². The highest BCUT2D eigenvalue weighted by Crippen LogP contribution is 2.34. The minimum absolute atomic E-state index is 0.299. The first-order valence-electron chi connectivity index (χ1n) is 5.53. The van der Waals surface area contributed by atoms with Crippen molar-refractivity contribution in [1.82, 2.24) is 0 Å². The summed E-state index contributed by atoms with van der Waals surface area (Å²) in [6.45, 7) is 8.25. The summed E-state index contributed by atoms with van der Waals surface area (Å²) in [5.41, 5.74) is 7.14. The normalized spacial score (nSPS) is 10.9. The quantitative estimate of drug-likeness (QED) is 0.850. The molecule has 3 nitrogen and oxygen atoms in total. The van der Waals surface area contributed by atoms with Crippen LogP contribution in [0.2, 0.25) is 0 Å². The van der Waals surface area contributed by atoms with Crippen LogP contribution in [0.3, 0.4) is 0 Å². The SMILES string of the molecule is CC(C)c1cccc(C(C)C)c1OC(N)=O. The third-order valence-corrected chi connectivity index (χ3v) is 2.52. The van der Waals surface area contributed by atoms with E-state index in [1.807, 2.05) is 18.2 Å². The second-order valence-electron chi connectivity index (χ2n) is 4.50. The van der Waals surface area contributed by atoms with Crippen LogP contribution < -0.4 is 10.5 Å². The third kappa shape index (κ3) is 2.75. The second kappa shape index (κ2) is 5.01. The Labute approximate surface area is 96.6 Å². The molecule has 88 valence electrons. The van der Waals surface area contributed by atoms with E-state index in [0.717, 1.165) is 11.1 Å². The van der Waals surface area contributed by atoms with Gasteiger partial charge in [0.2, 0.25) is 0 Å². The van der Waals surface area contributed by atoms with Crippen molar-refractivity contribution in [2.45, 2.75) is 39.5 Å². The van der Waals surface area contributed by atoms with Gasteiger partial charge in [-0.3, -0.25) is 0 Å². The molecule has 0 aliphatic rings. The van der Waals surface area contributed by atoms with Crippen molar-refractivity contribution >= 4 is 6.09 Å². The maximum Gasteiger partial charge on any atom is 0.409 e. The topological polar surface area (TPSA) is 52.3 Å². The Balaban J connectivity index is 3.28. The molecule has 1 rings (SSSR count). The van der Waals surface area contributed by atoms with Crippen LogP contribution in [0.5, 0.6) is 5.75 Å². The number of hydrogen-bond acceptors (Lipinski definition) is 2. The van der Waals surface area contributed by atoms with Crippen molar-refractivity contribution in [3.8, 4) is 5.75 Å². The Morgan fingerprint density at radius 3 is 1.88 bits per heavy atom. The van der Waals surface area contributed by atoms with E-state index < -0.39 is 6.09 Å². The maximum atomic E-state index is 10.9. The summed E-state index contributed by atoms with van der Waals surface area (Å²) in [6, 6.07) is 5.92. The van der Waals surface area contributed by atoms with Crippen LogP contribution in [0.4, 0.5) is 4.79 Å². The minimum atomic E-state index is -0.755. The van der Waals surface area contributed by atoms with Gasteiger partial charge in [-0.2, -0.15) is 0 Å². The highest BCUT2D eigenvalue weighted by molar-refractivity contribution is 5.69. The highest BCUT2D eigenvalue weighted by Gasteiger charge is 2.16. The fraction of sp³-hybridized carbons (Fsp3) is 0.462. The summed E-state index contributed by atoms with van der Waals surface area (Å²) in [7, 11) is 0. The Hall–Kier alpha value is -1.51. The summed E-state index contributed by atoms with van der Waals surface area (Å²) >= 11 is 0. The van der Waals surface area contributed by atoms with Crippen molar-refractivity contribution in [2.75, 3.05) is 0 Å². The summed E-state index contributed by atoms with van der Waals surface area (Å²) in [6.07, 6.45) is -0.755. The summed E-state index contributed by atoms with van der Waals surface area (Å²) in [5, 5.41) is 0. The van der Waals surface area contributed by atoms with Gasteiger partial charge in [-0.1, -0.05) is 45.9 Å². The van der Waals surface area contributed by atoms with Gasteiger partial charge in [0.1, 0.15) is 5.75 Å². The van der Waals surface area contributed by atoms with Crippen molar-refractivity contribution < 1.29 is 9.53 Å². The number of para-hydroxylation sites is 1. The first-order chi connectivity index (χ1) is 7.43. The van der Waals surface area contributed by atoms with E-state index in [1.54, 1.807) is 0 Å². The average Bonchev–Trinajstić information content (AvgIpc) is 2.16. The van der Waals surface area contributed by atoms with E-state index in [2.05, 4.69) is 27.7 Å². The predicted molar refractivity (Wildman–Crippen MR) is 64.8 cm³/mol. The van der Waals surface area contributed by atoms with Crippen molar-refractivity contribution in [3.63, 3.8) is 0 Å². The lowest BCUT2D eigenvalue weighted by molar-refractivity contribution is 0.209. The number of nitrogens with two attached hydrogens (primary N) is 1. The number of ether oxygens (including phenoxy) is 1.